The molecule has 3 rings (SSSR count). The van der Waals surface area contributed by atoms with Gasteiger partial charge in [0, 0.05) is 25.4 Å². The smallest absolute Gasteiger partial charge is 0.228 e. The second kappa shape index (κ2) is 10.0. The highest BCUT2D eigenvalue weighted by Crippen LogP contribution is 2.21. The Morgan fingerprint density at radius 1 is 1.33 bits per heavy atom. The number of carbonyl (C=O) groups excluding carboxylic acids is 1. The zero-order valence-corrected chi connectivity index (χ0v) is 15.0. The Morgan fingerprint density at radius 3 is 2.79 bits per heavy atom. The topological polar surface area (TPSA) is 62.4 Å². The first-order chi connectivity index (χ1) is 10.7. The lowest BCUT2D eigenvalue weighted by molar-refractivity contribution is -0.119. The lowest BCUT2D eigenvalue weighted by atomic mass is 10.1. The Kier molecular flexibility index (Phi) is 8.76. The SMILES string of the molecule is Cl.Cl.O=C(Nc1ccc(NCC2CCCO2)c(F)c1)C1CCNC1. The second-order valence-corrected chi connectivity index (χ2v) is 5.89. The third kappa shape index (κ3) is 5.48. The zero-order chi connectivity index (χ0) is 15.4. The standard InChI is InChI=1S/C16H22FN3O2.2ClH/c17-14-8-12(20-16(21)11-5-6-18-9-11)3-4-15(14)19-10-13-2-1-7-22-13;;/h3-4,8,11,13,18-19H,1-2,5-7,9-10H2,(H,20,21);2*1H. The molecule has 1 aromatic carbocycles. The van der Waals surface area contributed by atoms with E-state index in [1.807, 2.05) is 0 Å². The average Bonchev–Trinajstić information content (AvgIpc) is 3.20. The Bertz CT molecular complexity index is 536. The van der Waals surface area contributed by atoms with Crippen LogP contribution in [0.4, 0.5) is 15.8 Å². The molecular weight excluding hydrogens is 356 g/mol. The van der Waals surface area contributed by atoms with Gasteiger partial charge in [0.1, 0.15) is 5.82 Å². The predicted octanol–water partition coefficient (Wildman–Crippen LogP) is 2.81. The Hall–Kier alpha value is -1.08. The fourth-order valence-electron chi connectivity index (χ4n) is 2.89. The van der Waals surface area contributed by atoms with Crippen LogP contribution < -0.4 is 16.0 Å². The van der Waals surface area contributed by atoms with E-state index in [1.54, 1.807) is 12.1 Å². The number of hydrogen-bond acceptors (Lipinski definition) is 4. The van der Waals surface area contributed by atoms with Gasteiger partial charge in [-0.1, -0.05) is 0 Å². The number of carbonyl (C=O) groups is 1. The maximum atomic E-state index is 14.1. The first kappa shape index (κ1) is 21.0. The number of halogens is 3. The van der Waals surface area contributed by atoms with Gasteiger partial charge in [0.2, 0.25) is 5.91 Å². The summed E-state index contributed by atoms with van der Waals surface area (Å²) in [6, 6.07) is 4.74. The molecule has 24 heavy (non-hydrogen) atoms. The van der Waals surface area contributed by atoms with Crippen LogP contribution in [0, 0.1) is 11.7 Å². The van der Waals surface area contributed by atoms with E-state index in [0.29, 0.717) is 24.5 Å². The van der Waals surface area contributed by atoms with Crippen molar-refractivity contribution in [3.05, 3.63) is 24.0 Å². The van der Waals surface area contributed by atoms with Gasteiger partial charge in [0.05, 0.1) is 17.7 Å². The van der Waals surface area contributed by atoms with Crippen LogP contribution in [0.2, 0.25) is 0 Å². The van der Waals surface area contributed by atoms with Crippen molar-refractivity contribution in [2.24, 2.45) is 5.92 Å². The highest BCUT2D eigenvalue weighted by Gasteiger charge is 2.22. The molecule has 2 saturated heterocycles. The van der Waals surface area contributed by atoms with Crippen LogP contribution in [0.3, 0.4) is 0 Å². The van der Waals surface area contributed by atoms with Gasteiger partial charge in [-0.2, -0.15) is 0 Å². The fraction of sp³-hybridized carbons (Fsp3) is 0.562. The summed E-state index contributed by atoms with van der Waals surface area (Å²) in [5, 5.41) is 8.99. The summed E-state index contributed by atoms with van der Waals surface area (Å²) in [5.74, 6) is -0.440. The molecule has 2 aliphatic heterocycles. The van der Waals surface area contributed by atoms with Gasteiger partial charge in [-0.05, 0) is 44.0 Å². The first-order valence-electron chi connectivity index (χ1n) is 7.89. The largest absolute Gasteiger partial charge is 0.380 e. The molecule has 2 aliphatic rings. The van der Waals surface area contributed by atoms with E-state index >= 15 is 0 Å². The van der Waals surface area contributed by atoms with E-state index in [-0.39, 0.29) is 48.6 Å². The highest BCUT2D eigenvalue weighted by atomic mass is 35.5. The van der Waals surface area contributed by atoms with Gasteiger partial charge in [-0.25, -0.2) is 4.39 Å². The molecule has 2 heterocycles. The van der Waals surface area contributed by atoms with Crippen LogP contribution in [0.5, 0.6) is 0 Å². The summed E-state index contributed by atoms with van der Waals surface area (Å²) in [7, 11) is 0. The number of nitrogens with one attached hydrogen (secondary N) is 3. The van der Waals surface area contributed by atoms with Gasteiger partial charge in [-0.15, -0.1) is 24.8 Å². The molecule has 5 nitrogen and oxygen atoms in total. The molecule has 2 atom stereocenters. The molecule has 136 valence electrons. The predicted molar refractivity (Wildman–Crippen MR) is 98.0 cm³/mol. The molecule has 0 bridgehead atoms. The van der Waals surface area contributed by atoms with E-state index in [9.17, 15) is 9.18 Å². The van der Waals surface area contributed by atoms with Crippen molar-refractivity contribution in [1.82, 2.24) is 5.32 Å². The van der Waals surface area contributed by atoms with Crippen molar-refractivity contribution in [2.75, 3.05) is 36.9 Å². The van der Waals surface area contributed by atoms with Crippen molar-refractivity contribution >= 4 is 42.1 Å². The van der Waals surface area contributed by atoms with E-state index in [2.05, 4.69) is 16.0 Å². The molecule has 0 aromatic heterocycles. The summed E-state index contributed by atoms with van der Waals surface area (Å²) in [6.07, 6.45) is 3.07. The number of amides is 1. The van der Waals surface area contributed by atoms with Gasteiger partial charge in [0.15, 0.2) is 0 Å². The minimum absolute atomic E-state index is 0. The molecule has 3 N–H and O–H groups in total. The van der Waals surface area contributed by atoms with Crippen LogP contribution in [-0.2, 0) is 9.53 Å². The molecule has 1 amide bonds. The van der Waals surface area contributed by atoms with Crippen LogP contribution in [0.25, 0.3) is 0 Å². The normalized spacial score (nSPS) is 22.4. The molecule has 0 radical (unpaired) electrons. The van der Waals surface area contributed by atoms with E-state index in [4.69, 9.17) is 4.74 Å². The molecule has 2 fully saturated rings. The molecule has 1 aromatic rings. The molecule has 0 aliphatic carbocycles. The Balaban J connectivity index is 0.00000144. The van der Waals surface area contributed by atoms with E-state index in [1.165, 1.54) is 6.07 Å². The minimum atomic E-state index is -0.361. The highest BCUT2D eigenvalue weighted by molar-refractivity contribution is 5.93. The van der Waals surface area contributed by atoms with E-state index in [0.717, 1.165) is 32.4 Å². The number of hydrogen-bond donors (Lipinski definition) is 3. The second-order valence-electron chi connectivity index (χ2n) is 5.89. The van der Waals surface area contributed by atoms with Crippen molar-refractivity contribution < 1.29 is 13.9 Å². The molecule has 0 saturated carbocycles. The van der Waals surface area contributed by atoms with Gasteiger partial charge in [-0.3, -0.25) is 4.79 Å². The quantitative estimate of drug-likeness (QED) is 0.735. The van der Waals surface area contributed by atoms with Gasteiger partial charge >= 0.3 is 0 Å². The maximum Gasteiger partial charge on any atom is 0.228 e. The summed E-state index contributed by atoms with van der Waals surface area (Å²) in [5.41, 5.74) is 0.938. The zero-order valence-electron chi connectivity index (χ0n) is 13.3. The van der Waals surface area contributed by atoms with Crippen LogP contribution in [-0.4, -0.2) is 38.3 Å². The average molecular weight is 380 g/mol. The van der Waals surface area contributed by atoms with Crippen molar-refractivity contribution in [2.45, 2.75) is 25.4 Å². The van der Waals surface area contributed by atoms with E-state index < -0.39 is 0 Å². The Morgan fingerprint density at radius 2 is 2.17 bits per heavy atom. The number of anilines is 2. The maximum absolute atomic E-state index is 14.1. The molecular formula is C16H24Cl2FN3O2. The summed E-state index contributed by atoms with van der Waals surface area (Å²) in [4.78, 5) is 12.0. The lowest BCUT2D eigenvalue weighted by Crippen LogP contribution is -2.24. The van der Waals surface area contributed by atoms with Crippen molar-refractivity contribution in [3.8, 4) is 0 Å². The minimum Gasteiger partial charge on any atom is -0.380 e. The lowest BCUT2D eigenvalue weighted by Gasteiger charge is -2.14. The fourth-order valence-corrected chi connectivity index (χ4v) is 2.89. The van der Waals surface area contributed by atoms with Crippen molar-refractivity contribution in [1.29, 1.82) is 0 Å². The molecule has 8 heteroatoms. The number of rotatable bonds is 5. The van der Waals surface area contributed by atoms with Crippen LogP contribution in [0.1, 0.15) is 19.3 Å². The molecule has 2 unspecified atom stereocenters. The van der Waals surface area contributed by atoms with Gasteiger partial charge in [0.25, 0.3) is 0 Å². The van der Waals surface area contributed by atoms with Crippen LogP contribution in [0.15, 0.2) is 18.2 Å². The third-order valence-corrected chi connectivity index (χ3v) is 4.21. The van der Waals surface area contributed by atoms with Crippen LogP contribution >= 0.6 is 24.8 Å². The summed E-state index contributed by atoms with van der Waals surface area (Å²) >= 11 is 0. The number of benzene rings is 1. The first-order valence-corrected chi connectivity index (χ1v) is 7.89. The monoisotopic (exact) mass is 379 g/mol. The third-order valence-electron chi connectivity index (χ3n) is 4.21. The summed E-state index contributed by atoms with van der Waals surface area (Å²) < 4.78 is 19.6. The summed E-state index contributed by atoms with van der Waals surface area (Å²) in [6.45, 7) is 2.94. The number of ether oxygens (including phenoxy) is 1. The Labute approximate surface area is 153 Å². The van der Waals surface area contributed by atoms with Crippen molar-refractivity contribution in [3.63, 3.8) is 0 Å². The molecule has 0 spiro atoms. The van der Waals surface area contributed by atoms with Gasteiger partial charge < -0.3 is 20.7 Å².